The number of carboxylic acids is 1. The number of nitrogens with zero attached hydrogens (tertiary/aromatic N) is 1. The first-order valence-electron chi connectivity index (χ1n) is 7.24. The fourth-order valence-electron chi connectivity index (χ4n) is 3.18. The molecule has 2 aliphatic rings. The van der Waals surface area contributed by atoms with E-state index in [4.69, 9.17) is 14.6 Å². The van der Waals surface area contributed by atoms with E-state index in [-0.39, 0.29) is 12.3 Å². The summed E-state index contributed by atoms with van der Waals surface area (Å²) >= 11 is 0. The predicted molar refractivity (Wildman–Crippen MR) is 70.9 cm³/mol. The van der Waals surface area contributed by atoms with Crippen LogP contribution in [0.5, 0.6) is 0 Å². The molecule has 1 saturated carbocycles. The second-order valence-electron chi connectivity index (χ2n) is 6.06. The van der Waals surface area contributed by atoms with E-state index in [1.54, 1.807) is 0 Å². The molecular formula is C14H25NO4. The molecule has 1 aliphatic carbocycles. The second kappa shape index (κ2) is 6.20. The van der Waals surface area contributed by atoms with E-state index in [0.717, 1.165) is 32.2 Å². The Hall–Kier alpha value is -0.650. The molecule has 0 aromatic carbocycles. The molecule has 0 aromatic rings. The van der Waals surface area contributed by atoms with Crippen LogP contribution in [0.1, 0.15) is 39.5 Å². The van der Waals surface area contributed by atoms with E-state index in [1.165, 1.54) is 0 Å². The lowest BCUT2D eigenvalue weighted by Crippen LogP contribution is -2.47. The van der Waals surface area contributed by atoms with Gasteiger partial charge in [-0.05, 0) is 18.8 Å². The third-order valence-electron chi connectivity index (χ3n) is 3.98. The molecule has 0 atom stereocenters. The summed E-state index contributed by atoms with van der Waals surface area (Å²) in [5.41, 5.74) is 0. The SMILES string of the molecule is CC(C)CN(CC(=O)O)C1CCC2(CC1)OCCO2. The zero-order valence-electron chi connectivity index (χ0n) is 11.9. The number of rotatable bonds is 5. The van der Waals surface area contributed by atoms with Gasteiger partial charge in [0.15, 0.2) is 5.79 Å². The smallest absolute Gasteiger partial charge is 0.317 e. The molecule has 5 heteroatoms. The van der Waals surface area contributed by atoms with Crippen LogP contribution in [0, 0.1) is 5.92 Å². The molecule has 1 aliphatic heterocycles. The van der Waals surface area contributed by atoms with Crippen molar-refractivity contribution in [3.05, 3.63) is 0 Å². The number of ether oxygens (including phenoxy) is 2. The minimum atomic E-state index is -0.741. The van der Waals surface area contributed by atoms with Crippen molar-refractivity contribution in [2.75, 3.05) is 26.3 Å². The first-order chi connectivity index (χ1) is 9.01. The maximum absolute atomic E-state index is 11.0. The van der Waals surface area contributed by atoms with Crippen molar-refractivity contribution in [3.63, 3.8) is 0 Å². The fourth-order valence-corrected chi connectivity index (χ4v) is 3.18. The summed E-state index contributed by atoms with van der Waals surface area (Å²) in [7, 11) is 0. The van der Waals surface area contributed by atoms with Crippen LogP contribution >= 0.6 is 0 Å². The molecule has 0 amide bonds. The van der Waals surface area contributed by atoms with Crippen LogP contribution in [0.25, 0.3) is 0 Å². The topological polar surface area (TPSA) is 59.0 Å². The lowest BCUT2D eigenvalue weighted by atomic mass is 9.88. The van der Waals surface area contributed by atoms with Gasteiger partial charge in [-0.2, -0.15) is 0 Å². The summed E-state index contributed by atoms with van der Waals surface area (Å²) < 4.78 is 11.4. The molecule has 2 rings (SSSR count). The molecule has 0 bridgehead atoms. The molecule has 19 heavy (non-hydrogen) atoms. The average molecular weight is 271 g/mol. The van der Waals surface area contributed by atoms with E-state index in [0.29, 0.717) is 25.2 Å². The van der Waals surface area contributed by atoms with Crippen molar-refractivity contribution in [2.45, 2.75) is 51.4 Å². The molecule has 1 saturated heterocycles. The fraction of sp³-hybridized carbons (Fsp3) is 0.929. The summed E-state index contributed by atoms with van der Waals surface area (Å²) in [6, 6.07) is 0.344. The van der Waals surface area contributed by atoms with Crippen LogP contribution in [0.4, 0.5) is 0 Å². The van der Waals surface area contributed by atoms with Crippen molar-refractivity contribution < 1.29 is 19.4 Å². The summed E-state index contributed by atoms with van der Waals surface area (Å²) in [6.45, 7) is 6.61. The average Bonchev–Trinajstić information content (AvgIpc) is 2.76. The Labute approximate surface area is 114 Å². The molecule has 1 heterocycles. The predicted octanol–water partition coefficient (Wildman–Crippen LogP) is 1.71. The zero-order valence-corrected chi connectivity index (χ0v) is 11.9. The van der Waals surface area contributed by atoms with Crippen LogP contribution in [0.2, 0.25) is 0 Å². The largest absolute Gasteiger partial charge is 0.480 e. The van der Waals surface area contributed by atoms with Gasteiger partial charge in [-0.3, -0.25) is 9.69 Å². The third-order valence-corrected chi connectivity index (χ3v) is 3.98. The quantitative estimate of drug-likeness (QED) is 0.825. The van der Waals surface area contributed by atoms with Gasteiger partial charge in [0.1, 0.15) is 0 Å². The summed E-state index contributed by atoms with van der Waals surface area (Å²) in [6.07, 6.45) is 3.68. The highest BCUT2D eigenvalue weighted by molar-refractivity contribution is 5.69. The van der Waals surface area contributed by atoms with Crippen LogP contribution in [0.3, 0.4) is 0 Å². The minimum Gasteiger partial charge on any atom is -0.480 e. The molecule has 0 unspecified atom stereocenters. The maximum atomic E-state index is 11.0. The highest BCUT2D eigenvalue weighted by atomic mass is 16.7. The van der Waals surface area contributed by atoms with Gasteiger partial charge in [-0.25, -0.2) is 0 Å². The van der Waals surface area contributed by atoms with E-state index in [1.807, 2.05) is 0 Å². The second-order valence-corrected chi connectivity index (χ2v) is 6.06. The molecule has 0 aromatic heterocycles. The highest BCUT2D eigenvalue weighted by Gasteiger charge is 2.41. The maximum Gasteiger partial charge on any atom is 0.317 e. The monoisotopic (exact) mass is 271 g/mol. The number of aliphatic carboxylic acids is 1. The van der Waals surface area contributed by atoms with E-state index in [2.05, 4.69) is 18.7 Å². The molecule has 5 nitrogen and oxygen atoms in total. The lowest BCUT2D eigenvalue weighted by molar-refractivity contribution is -0.184. The van der Waals surface area contributed by atoms with Gasteiger partial charge in [-0.15, -0.1) is 0 Å². The number of carbonyl (C=O) groups is 1. The zero-order chi connectivity index (χ0) is 13.9. The van der Waals surface area contributed by atoms with Gasteiger partial charge in [0.2, 0.25) is 0 Å². The molecular weight excluding hydrogens is 246 g/mol. The molecule has 1 spiro atoms. The Balaban J connectivity index is 1.90. The Bertz CT molecular complexity index is 303. The molecule has 0 radical (unpaired) electrons. The first kappa shape index (κ1) is 14.8. The van der Waals surface area contributed by atoms with E-state index in [9.17, 15) is 4.79 Å². The molecule has 1 N–H and O–H groups in total. The van der Waals surface area contributed by atoms with Gasteiger partial charge in [0.05, 0.1) is 19.8 Å². The van der Waals surface area contributed by atoms with E-state index < -0.39 is 5.97 Å². The van der Waals surface area contributed by atoms with Crippen molar-refractivity contribution in [1.29, 1.82) is 0 Å². The van der Waals surface area contributed by atoms with Crippen LogP contribution < -0.4 is 0 Å². The van der Waals surface area contributed by atoms with Gasteiger partial charge in [0, 0.05) is 25.4 Å². The van der Waals surface area contributed by atoms with Crippen molar-refractivity contribution in [3.8, 4) is 0 Å². The van der Waals surface area contributed by atoms with Gasteiger partial charge in [-0.1, -0.05) is 13.8 Å². The van der Waals surface area contributed by atoms with Crippen LogP contribution in [-0.2, 0) is 14.3 Å². The van der Waals surface area contributed by atoms with E-state index >= 15 is 0 Å². The highest BCUT2D eigenvalue weighted by Crippen LogP contribution is 2.37. The molecule has 2 fully saturated rings. The van der Waals surface area contributed by atoms with Crippen molar-refractivity contribution >= 4 is 5.97 Å². The number of hydrogen-bond donors (Lipinski definition) is 1. The third kappa shape index (κ3) is 3.91. The van der Waals surface area contributed by atoms with Gasteiger partial charge < -0.3 is 14.6 Å². The Morgan fingerprint density at radius 1 is 1.32 bits per heavy atom. The van der Waals surface area contributed by atoms with Gasteiger partial charge >= 0.3 is 5.97 Å². The van der Waals surface area contributed by atoms with Crippen molar-refractivity contribution in [1.82, 2.24) is 4.90 Å². The normalized spacial score (nSPS) is 23.6. The van der Waals surface area contributed by atoms with Crippen LogP contribution in [0.15, 0.2) is 0 Å². The minimum absolute atomic E-state index is 0.136. The Kier molecular flexibility index (Phi) is 4.81. The number of hydrogen-bond acceptors (Lipinski definition) is 4. The first-order valence-corrected chi connectivity index (χ1v) is 7.24. The molecule has 110 valence electrons. The Morgan fingerprint density at radius 3 is 2.37 bits per heavy atom. The van der Waals surface area contributed by atoms with Crippen molar-refractivity contribution in [2.24, 2.45) is 5.92 Å². The summed E-state index contributed by atoms with van der Waals surface area (Å²) in [5, 5.41) is 9.04. The van der Waals surface area contributed by atoms with Crippen LogP contribution in [-0.4, -0.2) is 54.1 Å². The summed E-state index contributed by atoms with van der Waals surface area (Å²) in [4.78, 5) is 13.1. The standard InChI is InChI=1S/C14H25NO4/c1-11(2)9-15(10-13(16)17)12-3-5-14(6-4-12)18-7-8-19-14/h11-12H,3-10H2,1-2H3,(H,16,17). The summed E-state index contributed by atoms with van der Waals surface area (Å²) in [5.74, 6) is -0.619. The number of carboxylic acid groups (broad SMARTS) is 1. The van der Waals surface area contributed by atoms with Gasteiger partial charge in [0.25, 0.3) is 0 Å². The Morgan fingerprint density at radius 2 is 1.89 bits per heavy atom. The lowest BCUT2D eigenvalue weighted by Gasteiger charge is -2.40.